The Bertz CT molecular complexity index is 336. The molecule has 1 fully saturated rings. The molecule has 0 bridgehead atoms. The van der Waals surface area contributed by atoms with Crippen molar-refractivity contribution >= 4 is 15.9 Å². The van der Waals surface area contributed by atoms with E-state index in [1.54, 1.807) is 11.6 Å². The van der Waals surface area contributed by atoms with E-state index in [1.807, 2.05) is 0 Å². The summed E-state index contributed by atoms with van der Waals surface area (Å²) in [6.45, 7) is 0. The van der Waals surface area contributed by atoms with Crippen molar-refractivity contribution in [3.63, 3.8) is 0 Å². The minimum Gasteiger partial charge on any atom is -0.266 e. The van der Waals surface area contributed by atoms with Crippen LogP contribution in [0, 0.1) is 0 Å². The van der Waals surface area contributed by atoms with E-state index >= 15 is 0 Å². The Balaban J connectivity index is 2.59. The van der Waals surface area contributed by atoms with Crippen LogP contribution in [0.1, 0.15) is 18.9 Å². The summed E-state index contributed by atoms with van der Waals surface area (Å²) in [5.41, 5.74) is -0.0284. The smallest absolute Gasteiger partial charge is 0.266 e. The second-order valence-corrected chi connectivity index (χ2v) is 3.49. The maximum Gasteiger partial charge on any atom is 0.346 e. The van der Waals surface area contributed by atoms with Gasteiger partial charge in [-0.3, -0.25) is 4.57 Å². The molecule has 0 radical (unpaired) electrons. The number of rotatable bonds is 1. The van der Waals surface area contributed by atoms with Crippen molar-refractivity contribution in [3.05, 3.63) is 15.2 Å². The minimum atomic E-state index is -0.0284. The van der Waals surface area contributed by atoms with Crippen molar-refractivity contribution in [1.29, 1.82) is 0 Å². The van der Waals surface area contributed by atoms with Gasteiger partial charge in [-0.1, -0.05) is 0 Å². The molecular weight excluding hydrogens is 210 g/mol. The summed E-state index contributed by atoms with van der Waals surface area (Å²) >= 11 is 3.24. The quantitative estimate of drug-likeness (QED) is 0.695. The predicted molar refractivity (Wildman–Crippen MR) is 43.4 cm³/mol. The average molecular weight is 218 g/mol. The van der Waals surface area contributed by atoms with Crippen LogP contribution in [0.3, 0.4) is 0 Å². The molecule has 0 aromatic carbocycles. The Morgan fingerprint density at radius 3 is 2.64 bits per heavy atom. The summed E-state index contributed by atoms with van der Waals surface area (Å²) in [5, 5.41) is 3.96. The molecule has 1 aromatic heterocycles. The summed E-state index contributed by atoms with van der Waals surface area (Å²) < 4.78 is 3.69. The van der Waals surface area contributed by atoms with Crippen molar-refractivity contribution in [1.82, 2.24) is 14.3 Å². The van der Waals surface area contributed by atoms with Gasteiger partial charge in [-0.25, -0.2) is 9.48 Å². The fourth-order valence-electron chi connectivity index (χ4n) is 1.09. The highest BCUT2D eigenvalue weighted by atomic mass is 79.9. The molecule has 0 N–H and O–H groups in total. The second-order valence-electron chi connectivity index (χ2n) is 2.78. The molecule has 1 aliphatic carbocycles. The van der Waals surface area contributed by atoms with Crippen LogP contribution in [0.2, 0.25) is 0 Å². The van der Waals surface area contributed by atoms with Crippen LogP contribution in [0.4, 0.5) is 0 Å². The molecule has 11 heavy (non-hydrogen) atoms. The second kappa shape index (κ2) is 2.20. The average Bonchev–Trinajstić information content (AvgIpc) is 2.68. The fraction of sp³-hybridized carbons (Fsp3) is 0.667. The lowest BCUT2D eigenvalue weighted by Crippen LogP contribution is -2.21. The molecule has 1 aromatic rings. The Morgan fingerprint density at radius 1 is 1.64 bits per heavy atom. The van der Waals surface area contributed by atoms with Crippen molar-refractivity contribution in [2.75, 3.05) is 0 Å². The van der Waals surface area contributed by atoms with Gasteiger partial charge in [-0.15, -0.1) is 5.10 Å². The molecule has 0 unspecified atom stereocenters. The standard InChI is InChI=1S/C6H8BrN3O/c1-9-6(11)10(4-2-3-4)5(7)8-9/h4H,2-3H2,1H3. The summed E-state index contributed by atoms with van der Waals surface area (Å²) in [6, 6.07) is 0.394. The first-order valence-corrected chi connectivity index (χ1v) is 4.30. The molecule has 5 heteroatoms. The topological polar surface area (TPSA) is 39.8 Å². The zero-order valence-corrected chi connectivity index (χ0v) is 7.71. The summed E-state index contributed by atoms with van der Waals surface area (Å²) in [7, 11) is 1.66. The monoisotopic (exact) mass is 217 g/mol. The van der Waals surface area contributed by atoms with Gasteiger partial charge in [0.2, 0.25) is 4.73 Å². The number of halogens is 1. The zero-order chi connectivity index (χ0) is 8.01. The molecule has 1 heterocycles. The number of hydrogen-bond acceptors (Lipinski definition) is 2. The lowest BCUT2D eigenvalue weighted by molar-refractivity contribution is 0.662. The Hall–Kier alpha value is -0.580. The van der Waals surface area contributed by atoms with Gasteiger partial charge in [-0.05, 0) is 28.8 Å². The Morgan fingerprint density at radius 2 is 2.27 bits per heavy atom. The van der Waals surface area contributed by atoms with E-state index in [0.29, 0.717) is 10.8 Å². The predicted octanol–water partition coefficient (Wildman–Crippen LogP) is 0.679. The van der Waals surface area contributed by atoms with E-state index in [2.05, 4.69) is 21.0 Å². The first kappa shape index (κ1) is 7.09. The van der Waals surface area contributed by atoms with Crippen LogP contribution in [-0.4, -0.2) is 14.3 Å². The van der Waals surface area contributed by atoms with Crippen LogP contribution in [0.5, 0.6) is 0 Å². The first-order chi connectivity index (χ1) is 5.20. The molecule has 2 rings (SSSR count). The van der Waals surface area contributed by atoms with E-state index in [4.69, 9.17) is 0 Å². The third-order valence-corrected chi connectivity index (χ3v) is 2.37. The third kappa shape index (κ3) is 1.03. The fourth-order valence-corrected chi connectivity index (χ4v) is 1.77. The van der Waals surface area contributed by atoms with Gasteiger partial charge in [0.1, 0.15) is 0 Å². The first-order valence-electron chi connectivity index (χ1n) is 3.51. The molecule has 1 aliphatic rings. The largest absolute Gasteiger partial charge is 0.346 e. The number of hydrogen-bond donors (Lipinski definition) is 0. The molecule has 0 saturated heterocycles. The van der Waals surface area contributed by atoms with E-state index in [0.717, 1.165) is 12.8 Å². The highest BCUT2D eigenvalue weighted by molar-refractivity contribution is 9.10. The van der Waals surface area contributed by atoms with E-state index in [1.165, 1.54) is 4.68 Å². The van der Waals surface area contributed by atoms with Gasteiger partial charge in [-0.2, -0.15) is 0 Å². The number of aryl methyl sites for hydroxylation is 1. The SMILES string of the molecule is Cn1nc(Br)n(C2CC2)c1=O. The maximum atomic E-state index is 11.3. The van der Waals surface area contributed by atoms with Crippen LogP contribution >= 0.6 is 15.9 Å². The number of nitrogens with zero attached hydrogens (tertiary/aromatic N) is 3. The molecule has 0 atom stereocenters. The van der Waals surface area contributed by atoms with Crippen LogP contribution < -0.4 is 5.69 Å². The minimum absolute atomic E-state index is 0.0284. The molecule has 0 amide bonds. The van der Waals surface area contributed by atoms with E-state index < -0.39 is 0 Å². The lowest BCUT2D eigenvalue weighted by Gasteiger charge is -1.93. The normalized spacial score (nSPS) is 17.3. The molecule has 4 nitrogen and oxygen atoms in total. The van der Waals surface area contributed by atoms with Gasteiger partial charge in [0.15, 0.2) is 0 Å². The van der Waals surface area contributed by atoms with Crippen LogP contribution in [-0.2, 0) is 7.05 Å². The lowest BCUT2D eigenvalue weighted by atomic mass is 10.7. The highest BCUT2D eigenvalue weighted by Gasteiger charge is 2.28. The van der Waals surface area contributed by atoms with Gasteiger partial charge >= 0.3 is 5.69 Å². The molecule has 0 spiro atoms. The van der Waals surface area contributed by atoms with Gasteiger partial charge in [0, 0.05) is 13.1 Å². The maximum absolute atomic E-state index is 11.3. The Labute approximate surface area is 72.0 Å². The Kier molecular flexibility index (Phi) is 1.42. The molecule has 1 saturated carbocycles. The van der Waals surface area contributed by atoms with Crippen molar-refractivity contribution in [3.8, 4) is 0 Å². The summed E-state index contributed by atoms with van der Waals surface area (Å²) in [5.74, 6) is 0. The molecule has 0 aliphatic heterocycles. The van der Waals surface area contributed by atoms with Crippen molar-refractivity contribution < 1.29 is 0 Å². The molecule has 60 valence electrons. The van der Waals surface area contributed by atoms with Gasteiger partial charge in [0.25, 0.3) is 0 Å². The van der Waals surface area contributed by atoms with Gasteiger partial charge in [0.05, 0.1) is 0 Å². The molecular formula is C6H8BrN3O. The van der Waals surface area contributed by atoms with E-state index in [9.17, 15) is 4.79 Å². The third-order valence-electron chi connectivity index (χ3n) is 1.83. The number of aromatic nitrogens is 3. The summed E-state index contributed by atoms with van der Waals surface area (Å²) in [6.07, 6.45) is 2.20. The van der Waals surface area contributed by atoms with Gasteiger partial charge < -0.3 is 0 Å². The highest BCUT2D eigenvalue weighted by Crippen LogP contribution is 2.35. The zero-order valence-electron chi connectivity index (χ0n) is 6.12. The van der Waals surface area contributed by atoms with Crippen LogP contribution in [0.25, 0.3) is 0 Å². The van der Waals surface area contributed by atoms with Crippen LogP contribution in [0.15, 0.2) is 9.53 Å². The van der Waals surface area contributed by atoms with Crippen molar-refractivity contribution in [2.45, 2.75) is 18.9 Å². The summed E-state index contributed by atoms with van der Waals surface area (Å²) in [4.78, 5) is 11.3. The van der Waals surface area contributed by atoms with E-state index in [-0.39, 0.29) is 5.69 Å². The van der Waals surface area contributed by atoms with Crippen molar-refractivity contribution in [2.24, 2.45) is 7.05 Å².